The summed E-state index contributed by atoms with van der Waals surface area (Å²) in [5, 5.41) is 14.0. The average Bonchev–Trinajstić information content (AvgIpc) is 2.94. The molecule has 116 valence electrons. The number of nitrogens with zero attached hydrogens (tertiary/aromatic N) is 4. The number of rotatable bonds is 9. The summed E-state index contributed by atoms with van der Waals surface area (Å²) >= 11 is 0. The minimum atomic E-state index is 0. The van der Waals surface area contributed by atoms with Crippen LogP contribution in [0.3, 0.4) is 0 Å². The van der Waals surface area contributed by atoms with E-state index in [1.807, 2.05) is 11.5 Å². The van der Waals surface area contributed by atoms with Crippen molar-refractivity contribution < 1.29 is 4.74 Å². The molecule has 0 spiro atoms. The predicted molar refractivity (Wildman–Crippen MR) is 90.5 cm³/mol. The number of guanidine groups is 1. The highest BCUT2D eigenvalue weighted by Gasteiger charge is 1.96. The van der Waals surface area contributed by atoms with Gasteiger partial charge in [-0.15, -0.1) is 34.2 Å². The van der Waals surface area contributed by atoms with Crippen molar-refractivity contribution in [3.8, 4) is 0 Å². The number of hydrogen-bond donors (Lipinski definition) is 2. The first-order chi connectivity index (χ1) is 9.36. The summed E-state index contributed by atoms with van der Waals surface area (Å²) in [5.74, 6) is 0.823. The van der Waals surface area contributed by atoms with E-state index in [0.29, 0.717) is 6.61 Å². The number of aryl methyl sites for hydroxylation is 1. The molecule has 0 fully saturated rings. The molecule has 0 bridgehead atoms. The van der Waals surface area contributed by atoms with E-state index in [-0.39, 0.29) is 24.0 Å². The Bertz CT molecular complexity index is 344. The second-order valence-electron chi connectivity index (χ2n) is 4.03. The number of halogens is 1. The van der Waals surface area contributed by atoms with Crippen molar-refractivity contribution in [2.45, 2.75) is 26.3 Å². The van der Waals surface area contributed by atoms with Gasteiger partial charge in [0.1, 0.15) is 12.7 Å². The van der Waals surface area contributed by atoms with Gasteiger partial charge in [0, 0.05) is 33.3 Å². The molecule has 1 heterocycles. The lowest BCUT2D eigenvalue weighted by Gasteiger charge is -2.11. The molecule has 2 N–H and O–H groups in total. The van der Waals surface area contributed by atoms with Gasteiger partial charge in [-0.1, -0.05) is 0 Å². The standard InChI is InChI=1S/C12H24N6O.HI/c1-3-19-9-7-15-12(13-2)14-6-4-5-8-18-10-16-17-11-18;/h10-11H,3-9H2,1-2H3,(H2,13,14,15);1H. The first-order valence-electron chi connectivity index (χ1n) is 6.71. The molecule has 7 nitrogen and oxygen atoms in total. The fourth-order valence-corrected chi connectivity index (χ4v) is 1.57. The van der Waals surface area contributed by atoms with E-state index in [1.54, 1.807) is 19.7 Å². The average molecular weight is 396 g/mol. The van der Waals surface area contributed by atoms with Crippen LogP contribution in [0, 0.1) is 0 Å². The number of aliphatic imine (C=N–C) groups is 1. The molecule has 1 aromatic heterocycles. The molecule has 0 saturated heterocycles. The number of aromatic nitrogens is 3. The van der Waals surface area contributed by atoms with Crippen LogP contribution in [0.15, 0.2) is 17.6 Å². The summed E-state index contributed by atoms with van der Waals surface area (Å²) in [7, 11) is 1.77. The van der Waals surface area contributed by atoms with E-state index >= 15 is 0 Å². The van der Waals surface area contributed by atoms with Gasteiger partial charge in [-0.3, -0.25) is 4.99 Å². The first-order valence-corrected chi connectivity index (χ1v) is 6.71. The second-order valence-corrected chi connectivity index (χ2v) is 4.03. The second kappa shape index (κ2) is 13.1. The molecule has 1 aromatic rings. The summed E-state index contributed by atoms with van der Waals surface area (Å²) < 4.78 is 7.23. The molecule has 0 aromatic carbocycles. The number of ether oxygens (including phenoxy) is 1. The molecule has 1 rings (SSSR count). The van der Waals surface area contributed by atoms with Crippen molar-refractivity contribution in [2.24, 2.45) is 4.99 Å². The molecular formula is C12H25IN6O. The highest BCUT2D eigenvalue weighted by Crippen LogP contribution is 1.92. The van der Waals surface area contributed by atoms with Crippen LogP contribution in [0.2, 0.25) is 0 Å². The van der Waals surface area contributed by atoms with Crippen LogP contribution < -0.4 is 10.6 Å². The maximum Gasteiger partial charge on any atom is 0.191 e. The summed E-state index contributed by atoms with van der Waals surface area (Å²) in [6.07, 6.45) is 5.63. The molecule has 0 aliphatic carbocycles. The summed E-state index contributed by atoms with van der Waals surface area (Å²) in [6, 6.07) is 0. The van der Waals surface area contributed by atoms with Gasteiger partial charge in [-0.05, 0) is 19.8 Å². The molecule has 0 aliphatic heterocycles. The zero-order chi connectivity index (χ0) is 13.8. The quantitative estimate of drug-likeness (QED) is 0.281. The lowest BCUT2D eigenvalue weighted by molar-refractivity contribution is 0.152. The fourth-order valence-electron chi connectivity index (χ4n) is 1.57. The Kier molecular flexibility index (Phi) is 12.5. The van der Waals surface area contributed by atoms with Gasteiger partial charge in [0.05, 0.1) is 6.61 Å². The fraction of sp³-hybridized carbons (Fsp3) is 0.750. The van der Waals surface area contributed by atoms with E-state index in [1.165, 1.54) is 0 Å². The Balaban J connectivity index is 0.00000361. The molecule has 0 amide bonds. The molecule has 20 heavy (non-hydrogen) atoms. The Morgan fingerprint density at radius 2 is 1.90 bits per heavy atom. The third kappa shape index (κ3) is 9.08. The van der Waals surface area contributed by atoms with Gasteiger partial charge < -0.3 is 19.9 Å². The third-order valence-electron chi connectivity index (χ3n) is 2.57. The van der Waals surface area contributed by atoms with E-state index < -0.39 is 0 Å². The van der Waals surface area contributed by atoms with E-state index in [4.69, 9.17) is 4.74 Å². The Morgan fingerprint density at radius 3 is 2.55 bits per heavy atom. The van der Waals surface area contributed by atoms with E-state index in [0.717, 1.165) is 45.0 Å². The van der Waals surface area contributed by atoms with Gasteiger partial charge in [0.2, 0.25) is 0 Å². The van der Waals surface area contributed by atoms with Crippen molar-refractivity contribution in [3.05, 3.63) is 12.7 Å². The maximum atomic E-state index is 5.25. The van der Waals surface area contributed by atoms with Crippen molar-refractivity contribution in [1.29, 1.82) is 0 Å². The predicted octanol–water partition coefficient (Wildman–Crippen LogP) is 0.878. The van der Waals surface area contributed by atoms with Crippen LogP contribution in [-0.2, 0) is 11.3 Å². The van der Waals surface area contributed by atoms with Crippen LogP contribution in [0.4, 0.5) is 0 Å². The molecule has 0 saturated carbocycles. The summed E-state index contributed by atoms with van der Waals surface area (Å²) in [4.78, 5) is 4.15. The zero-order valence-corrected chi connectivity index (χ0v) is 14.5. The van der Waals surface area contributed by atoms with Gasteiger partial charge in [0.25, 0.3) is 0 Å². The molecular weight excluding hydrogens is 371 g/mol. The minimum absolute atomic E-state index is 0. The van der Waals surface area contributed by atoms with E-state index in [2.05, 4.69) is 25.8 Å². The van der Waals surface area contributed by atoms with Crippen LogP contribution in [-0.4, -0.2) is 54.1 Å². The van der Waals surface area contributed by atoms with Crippen LogP contribution in [0.1, 0.15) is 19.8 Å². The number of unbranched alkanes of at least 4 members (excludes halogenated alkanes) is 1. The molecule has 0 atom stereocenters. The van der Waals surface area contributed by atoms with Gasteiger partial charge in [-0.2, -0.15) is 0 Å². The van der Waals surface area contributed by atoms with Gasteiger partial charge in [-0.25, -0.2) is 0 Å². The maximum absolute atomic E-state index is 5.25. The monoisotopic (exact) mass is 396 g/mol. The van der Waals surface area contributed by atoms with Gasteiger partial charge in [0.15, 0.2) is 5.96 Å². The lowest BCUT2D eigenvalue weighted by atomic mass is 10.3. The van der Waals surface area contributed by atoms with Crippen LogP contribution in [0.25, 0.3) is 0 Å². The smallest absolute Gasteiger partial charge is 0.191 e. The lowest BCUT2D eigenvalue weighted by Crippen LogP contribution is -2.39. The topological polar surface area (TPSA) is 76.4 Å². The summed E-state index contributed by atoms with van der Waals surface area (Å²) in [5.41, 5.74) is 0. The zero-order valence-electron chi connectivity index (χ0n) is 12.2. The van der Waals surface area contributed by atoms with Crippen LogP contribution >= 0.6 is 24.0 Å². The first kappa shape index (κ1) is 19.1. The third-order valence-corrected chi connectivity index (χ3v) is 2.57. The largest absolute Gasteiger partial charge is 0.380 e. The number of hydrogen-bond acceptors (Lipinski definition) is 4. The Morgan fingerprint density at radius 1 is 1.20 bits per heavy atom. The highest BCUT2D eigenvalue weighted by atomic mass is 127. The molecule has 0 radical (unpaired) electrons. The van der Waals surface area contributed by atoms with Crippen molar-refractivity contribution in [3.63, 3.8) is 0 Å². The number of nitrogens with one attached hydrogen (secondary N) is 2. The van der Waals surface area contributed by atoms with Crippen molar-refractivity contribution in [2.75, 3.05) is 33.4 Å². The van der Waals surface area contributed by atoms with Crippen molar-refractivity contribution in [1.82, 2.24) is 25.4 Å². The van der Waals surface area contributed by atoms with E-state index in [9.17, 15) is 0 Å². The Labute approximate surface area is 137 Å². The van der Waals surface area contributed by atoms with Crippen molar-refractivity contribution >= 4 is 29.9 Å². The molecule has 0 aliphatic rings. The van der Waals surface area contributed by atoms with Gasteiger partial charge >= 0.3 is 0 Å². The van der Waals surface area contributed by atoms with Crippen LogP contribution in [0.5, 0.6) is 0 Å². The highest BCUT2D eigenvalue weighted by molar-refractivity contribution is 14.0. The minimum Gasteiger partial charge on any atom is -0.380 e. The normalized spacial score (nSPS) is 11.0. The molecule has 0 unspecified atom stereocenters. The summed E-state index contributed by atoms with van der Waals surface area (Å²) in [6.45, 7) is 6.06. The molecule has 8 heteroatoms. The Hall–Kier alpha value is -0.900. The SMILES string of the molecule is CCOCCNC(=NC)NCCCCn1cnnc1.I.